The lowest BCUT2D eigenvalue weighted by Crippen LogP contribution is -2.31. The van der Waals surface area contributed by atoms with Crippen molar-refractivity contribution in [2.75, 3.05) is 0 Å². The van der Waals surface area contributed by atoms with Gasteiger partial charge in [0.15, 0.2) is 0 Å². The number of esters is 2. The van der Waals surface area contributed by atoms with E-state index < -0.39 is 5.41 Å². The molecule has 0 aliphatic heterocycles. The Balaban J connectivity index is 2.47. The van der Waals surface area contributed by atoms with Crippen LogP contribution in [0.2, 0.25) is 0 Å². The van der Waals surface area contributed by atoms with Gasteiger partial charge in [0.1, 0.15) is 0 Å². The van der Waals surface area contributed by atoms with Crippen LogP contribution >= 0.6 is 0 Å². The van der Waals surface area contributed by atoms with Gasteiger partial charge in [-0.25, -0.2) is 0 Å². The number of rotatable bonds is 4. The highest BCUT2D eigenvalue weighted by Crippen LogP contribution is 2.28. The molecule has 0 amide bonds. The van der Waals surface area contributed by atoms with Gasteiger partial charge >= 0.3 is 11.9 Å². The van der Waals surface area contributed by atoms with Gasteiger partial charge in [-0.3, -0.25) is 9.59 Å². The van der Waals surface area contributed by atoms with Crippen molar-refractivity contribution < 1.29 is 14.3 Å². The summed E-state index contributed by atoms with van der Waals surface area (Å²) >= 11 is 0. The standard InChI is InChI=1S/C14H24O3/c1-4-10-14(2,3)13(16)17-12(15)11-8-6-5-7-9-11/h11H,4-10H2,1-3H3. The van der Waals surface area contributed by atoms with Crippen LogP contribution in [0.5, 0.6) is 0 Å². The molecule has 0 aromatic rings. The van der Waals surface area contributed by atoms with E-state index in [9.17, 15) is 9.59 Å². The summed E-state index contributed by atoms with van der Waals surface area (Å²) in [5, 5.41) is 0. The molecule has 0 spiro atoms. The van der Waals surface area contributed by atoms with E-state index >= 15 is 0 Å². The fourth-order valence-electron chi connectivity index (χ4n) is 2.38. The highest BCUT2D eigenvalue weighted by atomic mass is 16.6. The van der Waals surface area contributed by atoms with E-state index in [2.05, 4.69) is 0 Å². The van der Waals surface area contributed by atoms with Gasteiger partial charge in [-0.15, -0.1) is 0 Å². The quantitative estimate of drug-likeness (QED) is 0.558. The van der Waals surface area contributed by atoms with Gasteiger partial charge in [0.25, 0.3) is 0 Å². The molecule has 0 atom stereocenters. The average Bonchev–Trinajstić information content (AvgIpc) is 2.30. The van der Waals surface area contributed by atoms with Gasteiger partial charge in [-0.1, -0.05) is 32.6 Å². The van der Waals surface area contributed by atoms with Crippen molar-refractivity contribution in [3.63, 3.8) is 0 Å². The normalized spacial score (nSPS) is 17.8. The summed E-state index contributed by atoms with van der Waals surface area (Å²) in [6, 6.07) is 0. The van der Waals surface area contributed by atoms with Gasteiger partial charge in [-0.2, -0.15) is 0 Å². The van der Waals surface area contributed by atoms with E-state index in [-0.39, 0.29) is 17.9 Å². The zero-order chi connectivity index (χ0) is 12.9. The Morgan fingerprint density at radius 1 is 1.18 bits per heavy atom. The monoisotopic (exact) mass is 240 g/mol. The SMILES string of the molecule is CCCC(C)(C)C(=O)OC(=O)C1CCCCC1. The molecular weight excluding hydrogens is 216 g/mol. The summed E-state index contributed by atoms with van der Waals surface area (Å²) in [6.45, 7) is 5.71. The van der Waals surface area contributed by atoms with Crippen molar-refractivity contribution in [3.8, 4) is 0 Å². The van der Waals surface area contributed by atoms with Gasteiger partial charge in [0.2, 0.25) is 0 Å². The lowest BCUT2D eigenvalue weighted by atomic mass is 9.87. The minimum atomic E-state index is -0.543. The van der Waals surface area contributed by atoms with Crippen LogP contribution in [0.15, 0.2) is 0 Å². The third-order valence-corrected chi connectivity index (χ3v) is 3.56. The molecule has 3 heteroatoms. The molecule has 0 heterocycles. The molecule has 0 aromatic carbocycles. The van der Waals surface area contributed by atoms with Crippen LogP contribution < -0.4 is 0 Å². The predicted octanol–water partition coefficient (Wildman–Crippen LogP) is 3.46. The van der Waals surface area contributed by atoms with Crippen LogP contribution in [0.25, 0.3) is 0 Å². The lowest BCUT2D eigenvalue weighted by Gasteiger charge is -2.24. The number of carbonyl (C=O) groups excluding carboxylic acids is 2. The third-order valence-electron chi connectivity index (χ3n) is 3.56. The Labute approximate surface area is 104 Å². The van der Waals surface area contributed by atoms with E-state index in [0.717, 1.165) is 38.5 Å². The number of hydrogen-bond donors (Lipinski definition) is 0. The minimum absolute atomic E-state index is 0.0508. The first kappa shape index (κ1) is 14.2. The molecule has 0 saturated heterocycles. The molecule has 98 valence electrons. The number of carbonyl (C=O) groups is 2. The Kier molecular flexibility index (Phi) is 5.16. The van der Waals surface area contributed by atoms with Crippen molar-refractivity contribution in [1.82, 2.24) is 0 Å². The van der Waals surface area contributed by atoms with Gasteiger partial charge < -0.3 is 4.74 Å². The molecule has 0 aromatic heterocycles. The maximum atomic E-state index is 11.9. The molecule has 1 saturated carbocycles. The molecule has 3 nitrogen and oxygen atoms in total. The van der Waals surface area contributed by atoms with Crippen LogP contribution in [0, 0.1) is 11.3 Å². The topological polar surface area (TPSA) is 43.4 Å². The molecule has 0 radical (unpaired) electrons. The van der Waals surface area contributed by atoms with Crippen LogP contribution in [-0.2, 0) is 14.3 Å². The zero-order valence-electron chi connectivity index (χ0n) is 11.3. The maximum absolute atomic E-state index is 11.9. The second-order valence-electron chi connectivity index (χ2n) is 5.68. The van der Waals surface area contributed by atoms with Gasteiger partial charge in [0, 0.05) is 0 Å². The first-order chi connectivity index (χ1) is 7.97. The van der Waals surface area contributed by atoms with E-state index in [1.54, 1.807) is 0 Å². The van der Waals surface area contributed by atoms with Crippen molar-refractivity contribution in [2.45, 2.75) is 65.7 Å². The van der Waals surface area contributed by atoms with E-state index in [1.165, 1.54) is 6.42 Å². The fourth-order valence-corrected chi connectivity index (χ4v) is 2.38. The molecule has 1 fully saturated rings. The molecule has 0 unspecified atom stereocenters. The highest BCUT2D eigenvalue weighted by Gasteiger charge is 2.32. The largest absolute Gasteiger partial charge is 0.393 e. The molecule has 1 rings (SSSR count). The first-order valence-corrected chi connectivity index (χ1v) is 6.73. The van der Waals surface area contributed by atoms with E-state index in [4.69, 9.17) is 4.74 Å². The van der Waals surface area contributed by atoms with Gasteiger partial charge in [0.05, 0.1) is 11.3 Å². The Hall–Kier alpha value is -0.860. The Bertz CT molecular complexity index is 275. The average molecular weight is 240 g/mol. The van der Waals surface area contributed by atoms with Crippen LogP contribution in [-0.4, -0.2) is 11.9 Å². The molecule has 1 aliphatic carbocycles. The molecular formula is C14H24O3. The number of hydrogen-bond acceptors (Lipinski definition) is 3. The summed E-state index contributed by atoms with van der Waals surface area (Å²) in [4.78, 5) is 23.7. The van der Waals surface area contributed by atoms with Crippen LogP contribution in [0.1, 0.15) is 65.7 Å². The molecule has 0 N–H and O–H groups in total. The maximum Gasteiger partial charge on any atom is 0.319 e. The van der Waals surface area contributed by atoms with Crippen molar-refractivity contribution in [1.29, 1.82) is 0 Å². The van der Waals surface area contributed by atoms with Crippen molar-refractivity contribution in [3.05, 3.63) is 0 Å². The minimum Gasteiger partial charge on any atom is -0.393 e. The fraction of sp³-hybridized carbons (Fsp3) is 0.857. The van der Waals surface area contributed by atoms with E-state index in [0.29, 0.717) is 0 Å². The van der Waals surface area contributed by atoms with E-state index in [1.807, 2.05) is 20.8 Å². The van der Waals surface area contributed by atoms with Gasteiger partial charge in [-0.05, 0) is 33.1 Å². The Morgan fingerprint density at radius 3 is 2.29 bits per heavy atom. The first-order valence-electron chi connectivity index (χ1n) is 6.73. The summed E-state index contributed by atoms with van der Waals surface area (Å²) in [6.07, 6.45) is 6.77. The number of ether oxygens (including phenoxy) is 1. The second kappa shape index (κ2) is 6.18. The summed E-state index contributed by atoms with van der Waals surface area (Å²) in [5.74, 6) is -0.723. The predicted molar refractivity (Wildman–Crippen MR) is 66.4 cm³/mol. The van der Waals surface area contributed by atoms with Crippen molar-refractivity contribution in [2.24, 2.45) is 11.3 Å². The molecule has 1 aliphatic rings. The van der Waals surface area contributed by atoms with Crippen molar-refractivity contribution >= 4 is 11.9 Å². The zero-order valence-corrected chi connectivity index (χ0v) is 11.3. The summed E-state index contributed by atoms with van der Waals surface area (Å²) < 4.78 is 5.03. The smallest absolute Gasteiger partial charge is 0.319 e. The summed E-state index contributed by atoms with van der Waals surface area (Å²) in [7, 11) is 0. The highest BCUT2D eigenvalue weighted by molar-refractivity contribution is 5.89. The Morgan fingerprint density at radius 2 is 1.76 bits per heavy atom. The lowest BCUT2D eigenvalue weighted by molar-refractivity contribution is -0.169. The third kappa shape index (κ3) is 4.14. The van der Waals surface area contributed by atoms with Crippen LogP contribution in [0.3, 0.4) is 0 Å². The molecule has 0 bridgehead atoms. The summed E-state index contributed by atoms with van der Waals surface area (Å²) in [5.41, 5.74) is -0.543. The van der Waals surface area contributed by atoms with Crippen LogP contribution in [0.4, 0.5) is 0 Å². The molecule has 17 heavy (non-hydrogen) atoms. The second-order valence-corrected chi connectivity index (χ2v) is 5.68.